The van der Waals surface area contributed by atoms with Gasteiger partial charge in [-0.3, -0.25) is 4.98 Å². The van der Waals surface area contributed by atoms with Crippen LogP contribution in [0.25, 0.3) is 0 Å². The first kappa shape index (κ1) is 15.5. The highest BCUT2D eigenvalue weighted by Crippen LogP contribution is 2.36. The van der Waals surface area contributed by atoms with Crippen molar-refractivity contribution in [2.75, 3.05) is 24.6 Å². The summed E-state index contributed by atoms with van der Waals surface area (Å²) in [7, 11) is 0. The zero-order chi connectivity index (χ0) is 16.3. The number of ether oxygens (including phenoxy) is 1. The van der Waals surface area contributed by atoms with Crippen LogP contribution >= 0.6 is 0 Å². The molecule has 2 aromatic heterocycles. The summed E-state index contributed by atoms with van der Waals surface area (Å²) < 4.78 is 44.7. The fourth-order valence-corrected chi connectivity index (χ4v) is 2.59. The van der Waals surface area contributed by atoms with Gasteiger partial charge in [0.25, 0.3) is 0 Å². The van der Waals surface area contributed by atoms with E-state index in [4.69, 9.17) is 4.74 Å². The first-order valence-electron chi connectivity index (χ1n) is 7.20. The fraction of sp³-hybridized carbons (Fsp3) is 0.400. The molecular weight excluding hydrogens is 309 g/mol. The van der Waals surface area contributed by atoms with Crippen molar-refractivity contribution < 1.29 is 17.9 Å². The summed E-state index contributed by atoms with van der Waals surface area (Å²) in [5, 5.41) is 0. The zero-order valence-electron chi connectivity index (χ0n) is 12.2. The van der Waals surface area contributed by atoms with Gasteiger partial charge < -0.3 is 9.64 Å². The molecule has 1 saturated heterocycles. The lowest BCUT2D eigenvalue weighted by molar-refractivity contribution is -0.137. The number of aromatic nitrogens is 3. The van der Waals surface area contributed by atoms with E-state index in [-0.39, 0.29) is 11.7 Å². The van der Waals surface area contributed by atoms with Gasteiger partial charge in [0.2, 0.25) is 5.88 Å². The van der Waals surface area contributed by atoms with Crippen molar-refractivity contribution in [1.82, 2.24) is 15.0 Å². The Morgan fingerprint density at radius 2 is 2.09 bits per heavy atom. The van der Waals surface area contributed by atoms with E-state index in [1.807, 2.05) is 0 Å². The van der Waals surface area contributed by atoms with Gasteiger partial charge in [-0.1, -0.05) is 0 Å². The van der Waals surface area contributed by atoms with E-state index >= 15 is 0 Å². The lowest BCUT2D eigenvalue weighted by Gasteiger charge is -2.21. The highest BCUT2D eigenvalue weighted by molar-refractivity contribution is 5.49. The highest BCUT2D eigenvalue weighted by atomic mass is 19.4. The van der Waals surface area contributed by atoms with E-state index < -0.39 is 11.7 Å². The summed E-state index contributed by atoms with van der Waals surface area (Å²) in [6, 6.07) is 2.36. The third-order valence-corrected chi connectivity index (χ3v) is 3.68. The molecule has 0 spiro atoms. The second-order valence-electron chi connectivity index (χ2n) is 5.33. The van der Waals surface area contributed by atoms with Gasteiger partial charge in [0.1, 0.15) is 5.82 Å². The molecule has 0 N–H and O–H groups in total. The number of halogens is 3. The summed E-state index contributed by atoms with van der Waals surface area (Å²) >= 11 is 0. The molecule has 0 amide bonds. The van der Waals surface area contributed by atoms with Crippen molar-refractivity contribution in [3.8, 4) is 5.88 Å². The van der Waals surface area contributed by atoms with Crippen LogP contribution in [0.3, 0.4) is 0 Å². The minimum absolute atomic E-state index is 0.0120. The molecular formula is C15H15F3N4O. The van der Waals surface area contributed by atoms with Crippen LogP contribution in [-0.4, -0.2) is 34.6 Å². The van der Waals surface area contributed by atoms with Crippen molar-refractivity contribution in [1.29, 1.82) is 0 Å². The maximum Gasteiger partial charge on any atom is 0.419 e. The largest absolute Gasteiger partial charge is 0.476 e. The standard InChI is InChI=1S/C15H15F3N4O/c16-15(17,18)12-2-1-4-21-14(12)22-7-3-11(9-22)10-23-13-8-19-5-6-20-13/h1-2,4-6,8,11H,3,7,9-10H2. The quantitative estimate of drug-likeness (QED) is 0.865. The van der Waals surface area contributed by atoms with Crippen molar-refractivity contribution in [2.24, 2.45) is 5.92 Å². The van der Waals surface area contributed by atoms with Crippen LogP contribution in [0.4, 0.5) is 19.0 Å². The summed E-state index contributed by atoms with van der Waals surface area (Å²) in [6.45, 7) is 1.39. The Hall–Kier alpha value is -2.38. The van der Waals surface area contributed by atoms with E-state index in [0.29, 0.717) is 25.6 Å². The lowest BCUT2D eigenvalue weighted by atomic mass is 10.1. The molecule has 5 nitrogen and oxygen atoms in total. The highest BCUT2D eigenvalue weighted by Gasteiger charge is 2.37. The smallest absolute Gasteiger partial charge is 0.419 e. The molecule has 8 heteroatoms. The zero-order valence-corrected chi connectivity index (χ0v) is 12.2. The predicted octanol–water partition coefficient (Wildman–Crippen LogP) is 2.80. The number of alkyl halides is 3. The third-order valence-electron chi connectivity index (χ3n) is 3.68. The van der Waals surface area contributed by atoms with E-state index in [1.165, 1.54) is 24.7 Å². The fourth-order valence-electron chi connectivity index (χ4n) is 2.59. The Morgan fingerprint density at radius 3 is 2.83 bits per heavy atom. The molecule has 1 unspecified atom stereocenters. The molecule has 0 saturated carbocycles. The van der Waals surface area contributed by atoms with E-state index in [2.05, 4.69) is 15.0 Å². The monoisotopic (exact) mass is 324 g/mol. The predicted molar refractivity (Wildman–Crippen MR) is 77.1 cm³/mol. The summed E-state index contributed by atoms with van der Waals surface area (Å²) in [4.78, 5) is 13.5. The summed E-state index contributed by atoms with van der Waals surface area (Å²) in [6.07, 6.45) is 2.30. The minimum Gasteiger partial charge on any atom is -0.476 e. The SMILES string of the molecule is FC(F)(F)c1cccnc1N1CCC(COc2cnccn2)C1. The molecule has 3 heterocycles. The normalized spacial score (nSPS) is 18.2. The summed E-state index contributed by atoms with van der Waals surface area (Å²) in [5.41, 5.74) is -0.699. The second-order valence-corrected chi connectivity index (χ2v) is 5.33. The van der Waals surface area contributed by atoms with Crippen LogP contribution in [0.5, 0.6) is 5.88 Å². The molecule has 23 heavy (non-hydrogen) atoms. The molecule has 1 aliphatic heterocycles. The number of nitrogens with zero attached hydrogens (tertiary/aromatic N) is 4. The van der Waals surface area contributed by atoms with Gasteiger partial charge in [-0.2, -0.15) is 13.2 Å². The molecule has 1 atom stereocenters. The molecule has 122 valence electrons. The first-order valence-corrected chi connectivity index (χ1v) is 7.20. The molecule has 0 aromatic carbocycles. The molecule has 1 fully saturated rings. The first-order chi connectivity index (χ1) is 11.0. The van der Waals surface area contributed by atoms with Crippen molar-refractivity contribution in [2.45, 2.75) is 12.6 Å². The Morgan fingerprint density at radius 1 is 1.22 bits per heavy atom. The van der Waals surface area contributed by atoms with Gasteiger partial charge in [0.15, 0.2) is 0 Å². The second kappa shape index (κ2) is 6.39. The van der Waals surface area contributed by atoms with E-state index in [1.54, 1.807) is 11.1 Å². The van der Waals surface area contributed by atoms with Crippen LogP contribution in [0.1, 0.15) is 12.0 Å². The van der Waals surface area contributed by atoms with Gasteiger partial charge in [-0.05, 0) is 18.6 Å². The molecule has 0 radical (unpaired) electrons. The molecule has 1 aliphatic rings. The summed E-state index contributed by atoms with van der Waals surface area (Å²) in [5.74, 6) is 0.530. The molecule has 2 aromatic rings. The maximum atomic E-state index is 13.1. The Labute approximate surface area is 131 Å². The minimum atomic E-state index is -4.40. The van der Waals surface area contributed by atoms with Crippen LogP contribution in [0.2, 0.25) is 0 Å². The number of anilines is 1. The van der Waals surface area contributed by atoms with Crippen LogP contribution in [0.15, 0.2) is 36.9 Å². The van der Waals surface area contributed by atoms with E-state index in [9.17, 15) is 13.2 Å². The lowest BCUT2D eigenvalue weighted by Crippen LogP contribution is -2.25. The molecule has 0 bridgehead atoms. The number of hydrogen-bond donors (Lipinski definition) is 0. The van der Waals surface area contributed by atoms with Crippen LogP contribution in [0, 0.1) is 5.92 Å². The van der Waals surface area contributed by atoms with E-state index in [0.717, 1.165) is 12.5 Å². The van der Waals surface area contributed by atoms with Gasteiger partial charge in [-0.15, -0.1) is 0 Å². The molecule has 0 aliphatic carbocycles. The van der Waals surface area contributed by atoms with Gasteiger partial charge in [-0.25, -0.2) is 9.97 Å². The van der Waals surface area contributed by atoms with Crippen LogP contribution < -0.4 is 9.64 Å². The maximum absolute atomic E-state index is 13.1. The van der Waals surface area contributed by atoms with Crippen LogP contribution in [-0.2, 0) is 6.18 Å². The number of rotatable bonds is 4. The van der Waals surface area contributed by atoms with Gasteiger partial charge in [0, 0.05) is 37.6 Å². The third kappa shape index (κ3) is 3.69. The topological polar surface area (TPSA) is 51.1 Å². The average molecular weight is 324 g/mol. The van der Waals surface area contributed by atoms with Crippen molar-refractivity contribution in [3.63, 3.8) is 0 Å². The van der Waals surface area contributed by atoms with Gasteiger partial charge in [0.05, 0.1) is 18.4 Å². The molecule has 3 rings (SSSR count). The average Bonchev–Trinajstić information content (AvgIpc) is 3.02. The van der Waals surface area contributed by atoms with Crippen molar-refractivity contribution >= 4 is 5.82 Å². The Kier molecular flexibility index (Phi) is 4.31. The van der Waals surface area contributed by atoms with Crippen molar-refractivity contribution in [3.05, 3.63) is 42.5 Å². The Balaban J connectivity index is 1.64. The Bertz CT molecular complexity index is 651. The number of hydrogen-bond acceptors (Lipinski definition) is 5. The van der Waals surface area contributed by atoms with Gasteiger partial charge >= 0.3 is 6.18 Å². The number of pyridine rings is 1.